The van der Waals surface area contributed by atoms with E-state index in [0.29, 0.717) is 39.7 Å². The molecule has 0 amide bonds. The molecule has 4 aromatic heterocycles. The Morgan fingerprint density at radius 3 is 2.68 bits per heavy atom. The van der Waals surface area contributed by atoms with E-state index in [1.807, 2.05) is 0 Å². The normalized spacial score (nSPS) is 11.0. The van der Waals surface area contributed by atoms with Crippen molar-refractivity contribution in [3.8, 4) is 17.4 Å². The Morgan fingerprint density at radius 1 is 1.08 bits per heavy atom. The molecule has 0 radical (unpaired) electrons. The zero-order valence-electron chi connectivity index (χ0n) is 19.9. The molecule has 5 rings (SSSR count). The number of nitrogens with zero attached hydrogens (tertiary/aromatic N) is 6. The van der Waals surface area contributed by atoms with Crippen LogP contribution >= 0.6 is 0 Å². The zero-order valence-corrected chi connectivity index (χ0v) is 19.9. The van der Waals surface area contributed by atoms with Gasteiger partial charge < -0.3 is 15.2 Å². The molecule has 1 aromatic carbocycles. The number of pyridine rings is 2. The number of hydrogen-bond donors (Lipinski definition) is 2. The summed E-state index contributed by atoms with van der Waals surface area (Å²) in [5, 5.41) is 13.0. The van der Waals surface area contributed by atoms with Crippen LogP contribution in [0.25, 0.3) is 22.7 Å². The van der Waals surface area contributed by atoms with Gasteiger partial charge in [-0.25, -0.2) is 19.3 Å². The van der Waals surface area contributed by atoms with Gasteiger partial charge in [0.1, 0.15) is 17.0 Å². The van der Waals surface area contributed by atoms with Crippen molar-refractivity contribution in [1.82, 2.24) is 28.9 Å². The van der Waals surface area contributed by atoms with Crippen LogP contribution in [-0.2, 0) is 13.2 Å². The van der Waals surface area contributed by atoms with Gasteiger partial charge in [0, 0.05) is 29.7 Å². The van der Waals surface area contributed by atoms with Gasteiger partial charge in [-0.2, -0.15) is 4.98 Å². The van der Waals surface area contributed by atoms with Crippen molar-refractivity contribution in [2.24, 2.45) is 0 Å². The average Bonchev–Trinajstić information content (AvgIpc) is 3.19. The minimum Gasteiger partial charge on any atom is -0.496 e. The molecule has 0 saturated heterocycles. The van der Waals surface area contributed by atoms with Crippen LogP contribution in [0.3, 0.4) is 0 Å². The number of fused-ring (bicyclic) bond motifs is 1. The number of hydrogen-bond acceptors (Lipinski definition) is 8. The lowest BCUT2D eigenvalue weighted by atomic mass is 10.2. The summed E-state index contributed by atoms with van der Waals surface area (Å²) < 4.78 is 9.70. The first-order chi connectivity index (χ1) is 18.0. The first-order valence-electron chi connectivity index (χ1n) is 11.3. The maximum absolute atomic E-state index is 13.2. The second-order valence-electron chi connectivity index (χ2n) is 7.99. The predicted octanol–water partition coefficient (Wildman–Crippen LogP) is 2.56. The predicted molar refractivity (Wildman–Crippen MR) is 139 cm³/mol. The fourth-order valence-corrected chi connectivity index (χ4v) is 4.00. The molecular formula is C26H23N7O4. The van der Waals surface area contributed by atoms with Gasteiger partial charge in [0.05, 0.1) is 20.3 Å². The zero-order chi connectivity index (χ0) is 25.9. The van der Waals surface area contributed by atoms with Crippen molar-refractivity contribution in [1.29, 1.82) is 0 Å². The van der Waals surface area contributed by atoms with E-state index in [1.165, 1.54) is 28.6 Å². The number of nitrogens with one attached hydrogen (secondary N) is 1. The number of ether oxygens (including phenoxy) is 1. The molecule has 0 atom stereocenters. The van der Waals surface area contributed by atoms with Gasteiger partial charge in [0.25, 0.3) is 11.1 Å². The summed E-state index contributed by atoms with van der Waals surface area (Å²) in [6.07, 6.45) is 4.67. The highest BCUT2D eigenvalue weighted by molar-refractivity contribution is 5.77. The van der Waals surface area contributed by atoms with Crippen LogP contribution in [0.1, 0.15) is 5.56 Å². The van der Waals surface area contributed by atoms with Crippen LogP contribution in [0, 0.1) is 0 Å². The lowest BCUT2D eigenvalue weighted by molar-refractivity contribution is 0.274. The molecule has 186 valence electrons. The van der Waals surface area contributed by atoms with Gasteiger partial charge in [0.2, 0.25) is 5.95 Å². The molecule has 0 aliphatic carbocycles. The summed E-state index contributed by atoms with van der Waals surface area (Å²) in [6, 6.07) is 15.2. The van der Waals surface area contributed by atoms with E-state index >= 15 is 0 Å². The summed E-state index contributed by atoms with van der Waals surface area (Å²) in [7, 11) is 1.53. The lowest BCUT2D eigenvalue weighted by Gasteiger charge is -2.12. The monoisotopic (exact) mass is 497 g/mol. The van der Waals surface area contributed by atoms with Crippen molar-refractivity contribution >= 4 is 22.7 Å². The number of benzene rings is 1. The van der Waals surface area contributed by atoms with Gasteiger partial charge in [0.15, 0.2) is 11.5 Å². The van der Waals surface area contributed by atoms with Crippen molar-refractivity contribution in [2.45, 2.75) is 13.2 Å². The van der Waals surface area contributed by atoms with Crippen molar-refractivity contribution in [3.63, 3.8) is 0 Å². The van der Waals surface area contributed by atoms with Gasteiger partial charge in [-0.05, 0) is 36.4 Å². The number of anilines is 2. The van der Waals surface area contributed by atoms with E-state index in [-0.39, 0.29) is 30.2 Å². The van der Waals surface area contributed by atoms with Crippen molar-refractivity contribution in [3.05, 3.63) is 106 Å². The number of rotatable bonds is 8. The summed E-state index contributed by atoms with van der Waals surface area (Å²) in [4.78, 5) is 39.1. The molecule has 37 heavy (non-hydrogen) atoms. The van der Waals surface area contributed by atoms with Crippen LogP contribution in [-0.4, -0.2) is 41.1 Å². The highest BCUT2D eigenvalue weighted by Crippen LogP contribution is 2.25. The molecule has 0 spiro atoms. The molecule has 0 unspecified atom stereocenters. The molecule has 2 N–H and O–H groups in total. The van der Waals surface area contributed by atoms with E-state index in [2.05, 4.69) is 26.8 Å². The SMILES string of the molecule is C=CCn1c(=O)c2cnc(Nc3ccc(OC)c(CO)c3)nc2n1-c1cccc(-n2ccccc2=O)n1. The maximum Gasteiger partial charge on any atom is 0.278 e. The lowest BCUT2D eigenvalue weighted by Crippen LogP contribution is -2.23. The largest absolute Gasteiger partial charge is 0.496 e. The summed E-state index contributed by atoms with van der Waals surface area (Å²) >= 11 is 0. The van der Waals surface area contributed by atoms with Crippen LogP contribution in [0.5, 0.6) is 5.75 Å². The molecule has 0 aliphatic rings. The van der Waals surface area contributed by atoms with E-state index in [1.54, 1.807) is 65.5 Å². The average molecular weight is 498 g/mol. The summed E-state index contributed by atoms with van der Waals surface area (Å²) in [5.41, 5.74) is 1.01. The second kappa shape index (κ2) is 9.91. The number of aliphatic hydroxyl groups excluding tert-OH is 1. The Labute approximate surface area is 210 Å². The second-order valence-corrected chi connectivity index (χ2v) is 7.99. The molecule has 0 bridgehead atoms. The van der Waals surface area contributed by atoms with E-state index < -0.39 is 0 Å². The van der Waals surface area contributed by atoms with Crippen molar-refractivity contribution in [2.75, 3.05) is 12.4 Å². The van der Waals surface area contributed by atoms with Gasteiger partial charge in [-0.15, -0.1) is 6.58 Å². The van der Waals surface area contributed by atoms with Crippen LogP contribution < -0.4 is 21.2 Å². The standard InChI is InChI=1S/C26H23N7O4/c1-3-12-32-25(36)19-15-27-26(28-18-10-11-20(37-2)17(14-18)16-34)30-24(19)33(32)22-8-6-7-21(29-22)31-13-5-4-9-23(31)35/h3-11,13-15,34H,1,12,16H2,2H3,(H,27,28,30). The van der Waals surface area contributed by atoms with E-state index in [4.69, 9.17) is 4.74 Å². The van der Waals surface area contributed by atoms with E-state index in [0.717, 1.165) is 0 Å². The Bertz CT molecular complexity index is 1740. The molecule has 11 heteroatoms. The minimum absolute atomic E-state index is 0.199. The number of aliphatic hydroxyl groups is 1. The third-order valence-corrected chi connectivity index (χ3v) is 5.69. The summed E-state index contributed by atoms with van der Waals surface area (Å²) in [5.74, 6) is 1.58. The Balaban J connectivity index is 1.65. The smallest absolute Gasteiger partial charge is 0.278 e. The molecule has 4 heterocycles. The number of aromatic nitrogens is 6. The molecule has 0 saturated carbocycles. The highest BCUT2D eigenvalue weighted by atomic mass is 16.5. The molecular weight excluding hydrogens is 474 g/mol. The highest BCUT2D eigenvalue weighted by Gasteiger charge is 2.18. The number of methoxy groups -OCH3 is 1. The Kier molecular flexibility index (Phi) is 6.35. The first kappa shape index (κ1) is 23.7. The summed E-state index contributed by atoms with van der Waals surface area (Å²) in [6.45, 7) is 3.77. The van der Waals surface area contributed by atoms with Gasteiger partial charge in [-0.3, -0.25) is 14.2 Å². The fraction of sp³-hybridized carbons (Fsp3) is 0.115. The Hall–Kier alpha value is -5.03. The molecule has 0 aliphatic heterocycles. The Morgan fingerprint density at radius 2 is 1.92 bits per heavy atom. The van der Waals surface area contributed by atoms with Crippen LogP contribution in [0.15, 0.2) is 89.2 Å². The van der Waals surface area contributed by atoms with E-state index in [9.17, 15) is 14.7 Å². The minimum atomic E-state index is -0.308. The van der Waals surface area contributed by atoms with Crippen LogP contribution in [0.2, 0.25) is 0 Å². The fourth-order valence-electron chi connectivity index (χ4n) is 4.00. The molecule has 0 fully saturated rings. The topological polar surface area (TPSA) is 129 Å². The van der Waals surface area contributed by atoms with Crippen molar-refractivity contribution < 1.29 is 9.84 Å². The van der Waals surface area contributed by atoms with Gasteiger partial charge in [-0.1, -0.05) is 18.2 Å². The van der Waals surface area contributed by atoms with Gasteiger partial charge >= 0.3 is 0 Å². The third-order valence-electron chi connectivity index (χ3n) is 5.69. The van der Waals surface area contributed by atoms with Crippen LogP contribution in [0.4, 0.5) is 11.6 Å². The maximum atomic E-state index is 13.2. The molecule has 11 nitrogen and oxygen atoms in total. The number of allylic oxidation sites excluding steroid dienone is 1. The third kappa shape index (κ3) is 4.39. The molecule has 5 aromatic rings. The first-order valence-corrected chi connectivity index (χ1v) is 11.3. The quantitative estimate of drug-likeness (QED) is 0.313.